The molecule has 0 aromatic carbocycles. The molecule has 0 fully saturated rings. The van der Waals surface area contributed by atoms with Crippen molar-refractivity contribution < 1.29 is 156 Å². The molecule has 0 saturated heterocycles. The number of halogens is 2. The monoisotopic (exact) mass is 400 g/mol. The quantitative estimate of drug-likeness (QED) is 0.214. The van der Waals surface area contributed by atoms with E-state index in [-0.39, 0.29) is 151 Å². The standard InChI is InChI=1S/C6H13ClO.HI.K.2Na.3H2O/c7-5-3-1-2-4-6-8;;;;;;;/h8H,1-6H2;1H;;;;3*1H2/q;;3*+1;;;/p-3. The Balaban J connectivity index is -0.0000000117. The normalized spacial score (nSPS) is 5.20. The molecule has 15 heavy (non-hydrogen) atoms. The summed E-state index contributed by atoms with van der Waals surface area (Å²) in [4.78, 5) is 0. The van der Waals surface area contributed by atoms with Crippen LogP contribution in [-0.4, -0.2) is 34.0 Å². The van der Waals surface area contributed by atoms with E-state index in [0.29, 0.717) is 6.61 Å². The molecular formula is C6H17ClIKNa2O4. The van der Waals surface area contributed by atoms with Gasteiger partial charge in [-0.2, -0.15) is 0 Å². The van der Waals surface area contributed by atoms with E-state index in [1.807, 2.05) is 0 Å². The van der Waals surface area contributed by atoms with E-state index in [9.17, 15) is 0 Å². The van der Waals surface area contributed by atoms with Gasteiger partial charge in [-0.25, -0.2) is 0 Å². The first kappa shape index (κ1) is 50.5. The number of alkyl halides is 1. The van der Waals surface area contributed by atoms with E-state index in [2.05, 4.69) is 0 Å². The van der Waals surface area contributed by atoms with E-state index in [4.69, 9.17) is 16.7 Å². The number of hydrogen-bond acceptors (Lipinski definition) is 3. The van der Waals surface area contributed by atoms with Crippen molar-refractivity contribution in [3.8, 4) is 0 Å². The summed E-state index contributed by atoms with van der Waals surface area (Å²) in [6.07, 6.45) is 4.28. The molecule has 0 aliphatic heterocycles. The summed E-state index contributed by atoms with van der Waals surface area (Å²) in [6, 6.07) is 0. The Kier molecular flexibility index (Phi) is 173. The average molecular weight is 401 g/mol. The third-order valence-electron chi connectivity index (χ3n) is 1.04. The summed E-state index contributed by atoms with van der Waals surface area (Å²) in [5.74, 6) is 0.755. The third kappa shape index (κ3) is 55.8. The number of hydrogen-bond donors (Lipinski definition) is 1. The van der Waals surface area contributed by atoms with Crippen LogP contribution in [0, 0.1) is 0 Å². The van der Waals surface area contributed by atoms with Gasteiger partial charge in [0, 0.05) is 12.5 Å². The van der Waals surface area contributed by atoms with Crippen molar-refractivity contribution >= 4 is 11.6 Å². The Hall–Kier alpha value is 4.50. The summed E-state index contributed by atoms with van der Waals surface area (Å²) >= 11 is 5.42. The fourth-order valence-corrected chi connectivity index (χ4v) is 0.749. The molecule has 0 unspecified atom stereocenters. The van der Waals surface area contributed by atoms with Crippen LogP contribution in [0.15, 0.2) is 0 Å². The number of rotatable bonds is 5. The van der Waals surface area contributed by atoms with Crippen molar-refractivity contribution in [1.29, 1.82) is 0 Å². The van der Waals surface area contributed by atoms with Gasteiger partial charge in [0.1, 0.15) is 0 Å². The average Bonchev–Trinajstić information content (AvgIpc) is 1.81. The van der Waals surface area contributed by atoms with Crippen LogP contribution in [0.25, 0.3) is 0 Å². The van der Waals surface area contributed by atoms with Crippen molar-refractivity contribution in [1.82, 2.24) is 0 Å². The predicted molar refractivity (Wildman–Crippen MR) is 43.8 cm³/mol. The molecule has 0 aromatic heterocycles. The summed E-state index contributed by atoms with van der Waals surface area (Å²) in [5, 5.41) is 8.33. The maximum absolute atomic E-state index is 8.33. The van der Waals surface area contributed by atoms with E-state index in [0.717, 1.165) is 31.6 Å². The zero-order valence-electron chi connectivity index (χ0n) is 9.84. The van der Waals surface area contributed by atoms with Gasteiger partial charge in [0.2, 0.25) is 0 Å². The SMILES string of the molecule is O.OCCCCCCCl.[I-].[K+].[Na+].[Na+].[OH-].[OH-]. The fourth-order valence-electron chi connectivity index (χ4n) is 0.560. The third-order valence-corrected chi connectivity index (χ3v) is 1.31. The zero-order valence-corrected chi connectivity index (χ0v) is 19.9. The molecule has 9 heteroatoms. The maximum atomic E-state index is 8.33. The van der Waals surface area contributed by atoms with Crippen LogP contribution in [0.1, 0.15) is 25.7 Å². The van der Waals surface area contributed by atoms with Crippen LogP contribution in [0.4, 0.5) is 0 Å². The summed E-state index contributed by atoms with van der Waals surface area (Å²) in [6.45, 7) is 0.322. The molecule has 0 spiro atoms. The van der Waals surface area contributed by atoms with Gasteiger partial charge in [0.05, 0.1) is 0 Å². The Morgan fingerprint density at radius 3 is 1.47 bits per heavy atom. The van der Waals surface area contributed by atoms with Crippen LogP contribution >= 0.6 is 11.6 Å². The van der Waals surface area contributed by atoms with Crippen molar-refractivity contribution in [2.75, 3.05) is 12.5 Å². The minimum Gasteiger partial charge on any atom is -1.00 e. The second-order valence-electron chi connectivity index (χ2n) is 1.83. The molecule has 0 radical (unpaired) electrons. The Morgan fingerprint density at radius 2 is 1.20 bits per heavy atom. The van der Waals surface area contributed by atoms with E-state index < -0.39 is 0 Å². The smallest absolute Gasteiger partial charge is 1.00 e. The van der Waals surface area contributed by atoms with Gasteiger partial charge in [0.15, 0.2) is 0 Å². The summed E-state index contributed by atoms with van der Waals surface area (Å²) < 4.78 is 0. The molecule has 5 N–H and O–H groups in total. The molecule has 82 valence electrons. The Morgan fingerprint density at radius 1 is 0.867 bits per heavy atom. The molecule has 0 saturated carbocycles. The zero-order chi connectivity index (χ0) is 6.24. The van der Waals surface area contributed by atoms with Crippen LogP contribution in [0.5, 0.6) is 0 Å². The van der Waals surface area contributed by atoms with E-state index in [1.165, 1.54) is 0 Å². The van der Waals surface area contributed by atoms with Gasteiger partial charge < -0.3 is 45.5 Å². The van der Waals surface area contributed by atoms with Gasteiger partial charge in [0.25, 0.3) is 0 Å². The molecule has 0 atom stereocenters. The first-order valence-electron chi connectivity index (χ1n) is 3.08. The molecule has 0 amide bonds. The molecule has 0 aromatic rings. The topological polar surface area (TPSA) is 112 Å². The van der Waals surface area contributed by atoms with Crippen molar-refractivity contribution in [2.45, 2.75) is 25.7 Å². The second kappa shape index (κ2) is 51.4. The predicted octanol–water partition coefficient (Wildman–Crippen LogP) is -11.4. The number of aliphatic hydroxyl groups is 1. The van der Waals surface area contributed by atoms with Crippen LogP contribution < -0.4 is 134 Å². The largest absolute Gasteiger partial charge is 1.00 e. The minimum atomic E-state index is 0. The van der Waals surface area contributed by atoms with E-state index in [1.54, 1.807) is 0 Å². The van der Waals surface area contributed by atoms with Crippen LogP contribution in [0.2, 0.25) is 0 Å². The van der Waals surface area contributed by atoms with Crippen molar-refractivity contribution in [3.05, 3.63) is 0 Å². The van der Waals surface area contributed by atoms with Gasteiger partial charge >= 0.3 is 110 Å². The van der Waals surface area contributed by atoms with Crippen LogP contribution in [0.3, 0.4) is 0 Å². The summed E-state index contributed by atoms with van der Waals surface area (Å²) in [5.41, 5.74) is 0. The number of unbranched alkanes of at least 4 members (excludes halogenated alkanes) is 3. The second-order valence-corrected chi connectivity index (χ2v) is 2.20. The fraction of sp³-hybridized carbons (Fsp3) is 1.00. The molecule has 4 nitrogen and oxygen atoms in total. The first-order valence-corrected chi connectivity index (χ1v) is 3.62. The summed E-state index contributed by atoms with van der Waals surface area (Å²) in [7, 11) is 0. The van der Waals surface area contributed by atoms with E-state index >= 15 is 0 Å². The molecule has 0 rings (SSSR count). The number of aliphatic hydroxyl groups excluding tert-OH is 1. The van der Waals surface area contributed by atoms with Crippen molar-refractivity contribution in [2.24, 2.45) is 0 Å². The minimum absolute atomic E-state index is 0. The van der Waals surface area contributed by atoms with Crippen molar-refractivity contribution in [3.63, 3.8) is 0 Å². The molecule has 0 heterocycles. The van der Waals surface area contributed by atoms with Gasteiger partial charge in [-0.1, -0.05) is 12.8 Å². The van der Waals surface area contributed by atoms with Gasteiger partial charge in [-0.15, -0.1) is 11.6 Å². The maximum Gasteiger partial charge on any atom is 1.00 e. The molecule has 0 aliphatic carbocycles. The Bertz CT molecular complexity index is 58.1. The molecule has 0 aliphatic rings. The van der Waals surface area contributed by atoms with Gasteiger partial charge in [-0.05, 0) is 12.8 Å². The van der Waals surface area contributed by atoms with Gasteiger partial charge in [-0.3, -0.25) is 0 Å². The first-order chi connectivity index (χ1) is 3.91. The Labute approximate surface area is 201 Å². The molecular weight excluding hydrogens is 383 g/mol. The molecule has 0 bridgehead atoms. The van der Waals surface area contributed by atoms with Crippen LogP contribution in [-0.2, 0) is 0 Å².